The van der Waals surface area contributed by atoms with Gasteiger partial charge in [-0.1, -0.05) is 36.4 Å². The van der Waals surface area contributed by atoms with Gasteiger partial charge in [0.1, 0.15) is 10.6 Å². The minimum absolute atomic E-state index is 0.0681. The summed E-state index contributed by atoms with van der Waals surface area (Å²) in [5.41, 5.74) is 1.28. The predicted octanol–water partition coefficient (Wildman–Crippen LogP) is 2.99. The Bertz CT molecular complexity index is 806. The monoisotopic (exact) mass is 316 g/mol. The van der Waals surface area contributed by atoms with Crippen molar-refractivity contribution in [3.05, 3.63) is 65.7 Å². The van der Waals surface area contributed by atoms with Crippen molar-refractivity contribution in [3.8, 4) is 5.75 Å². The highest BCUT2D eigenvalue weighted by Crippen LogP contribution is 2.25. The first-order valence-corrected chi connectivity index (χ1v) is 8.46. The lowest BCUT2D eigenvalue weighted by Crippen LogP contribution is -2.03. The van der Waals surface area contributed by atoms with E-state index in [4.69, 9.17) is 4.74 Å². The number of carbonyl (C=O) groups excluding carboxylic acids is 1. The van der Waals surface area contributed by atoms with Gasteiger partial charge in [0.25, 0.3) is 0 Å². The van der Waals surface area contributed by atoms with E-state index in [1.807, 2.05) is 30.3 Å². The number of ether oxygens (including phenoxy) is 1. The lowest BCUT2D eigenvalue weighted by Gasteiger charge is -2.07. The normalized spacial score (nSPS) is 11.5. The van der Waals surface area contributed by atoms with E-state index in [-0.39, 0.29) is 16.4 Å². The molecule has 0 aromatic heterocycles. The molecule has 0 heterocycles. The number of sulfone groups is 1. The quantitative estimate of drug-likeness (QED) is 0.628. The first-order chi connectivity index (χ1) is 10.4. The van der Waals surface area contributed by atoms with Gasteiger partial charge in [-0.25, -0.2) is 8.42 Å². The van der Waals surface area contributed by atoms with Crippen LogP contribution in [0.5, 0.6) is 5.75 Å². The molecule has 0 bridgehead atoms. The Morgan fingerprint density at radius 3 is 2.36 bits per heavy atom. The van der Waals surface area contributed by atoms with Crippen LogP contribution in [0.15, 0.2) is 59.5 Å². The van der Waals surface area contributed by atoms with Gasteiger partial charge in [-0.15, -0.1) is 0 Å². The number of ketones is 1. The number of hydrogen-bond acceptors (Lipinski definition) is 4. The third-order valence-corrected chi connectivity index (χ3v) is 4.21. The number of rotatable bonds is 5. The van der Waals surface area contributed by atoms with Gasteiger partial charge >= 0.3 is 0 Å². The second-order valence-electron chi connectivity index (χ2n) is 4.75. The zero-order chi connectivity index (χ0) is 16.2. The van der Waals surface area contributed by atoms with Crippen LogP contribution in [0.25, 0.3) is 6.08 Å². The zero-order valence-electron chi connectivity index (χ0n) is 12.3. The van der Waals surface area contributed by atoms with E-state index < -0.39 is 9.84 Å². The van der Waals surface area contributed by atoms with Crippen LogP contribution in [0.4, 0.5) is 0 Å². The average Bonchev–Trinajstić information content (AvgIpc) is 2.52. The average molecular weight is 316 g/mol. The molecule has 0 aliphatic heterocycles. The van der Waals surface area contributed by atoms with E-state index in [2.05, 4.69) is 0 Å². The first-order valence-electron chi connectivity index (χ1n) is 6.57. The van der Waals surface area contributed by atoms with E-state index in [9.17, 15) is 13.2 Å². The van der Waals surface area contributed by atoms with Gasteiger partial charge in [-0.2, -0.15) is 0 Å². The molecule has 4 nitrogen and oxygen atoms in total. The topological polar surface area (TPSA) is 60.4 Å². The maximum Gasteiger partial charge on any atom is 0.185 e. The third-order valence-electron chi connectivity index (χ3n) is 3.07. The standard InChI is InChI=1S/C17H16O4S/c1-21-16-12-14(9-11-17(16)22(2,19)20)15(18)10-8-13-6-4-3-5-7-13/h3-12H,1-2H3. The Kier molecular flexibility index (Phi) is 4.78. The van der Waals surface area contributed by atoms with Gasteiger partial charge in [-0.3, -0.25) is 4.79 Å². The van der Waals surface area contributed by atoms with E-state index in [0.29, 0.717) is 5.56 Å². The molecular weight excluding hydrogens is 300 g/mol. The third kappa shape index (κ3) is 3.83. The lowest BCUT2D eigenvalue weighted by atomic mass is 10.1. The Morgan fingerprint density at radius 2 is 1.77 bits per heavy atom. The number of hydrogen-bond donors (Lipinski definition) is 0. The number of methoxy groups -OCH3 is 1. The summed E-state index contributed by atoms with van der Waals surface area (Å²) < 4.78 is 28.3. The summed E-state index contributed by atoms with van der Waals surface area (Å²) in [6.45, 7) is 0. The van der Waals surface area contributed by atoms with Crippen molar-refractivity contribution in [1.82, 2.24) is 0 Å². The molecule has 2 aromatic rings. The van der Waals surface area contributed by atoms with Crippen LogP contribution in [0.3, 0.4) is 0 Å². The molecule has 0 aliphatic rings. The Hall–Kier alpha value is -2.40. The molecule has 0 saturated heterocycles. The van der Waals surface area contributed by atoms with Crippen molar-refractivity contribution in [2.24, 2.45) is 0 Å². The van der Waals surface area contributed by atoms with Gasteiger partial charge in [0.05, 0.1) is 7.11 Å². The maximum atomic E-state index is 12.2. The van der Waals surface area contributed by atoms with Crippen LogP contribution >= 0.6 is 0 Å². The Balaban J connectivity index is 2.30. The summed E-state index contributed by atoms with van der Waals surface area (Å²) in [5.74, 6) is -0.0522. The van der Waals surface area contributed by atoms with Crippen molar-refractivity contribution in [2.75, 3.05) is 13.4 Å². The minimum Gasteiger partial charge on any atom is -0.495 e. The van der Waals surface area contributed by atoms with E-state index in [1.165, 1.54) is 31.4 Å². The fourth-order valence-electron chi connectivity index (χ4n) is 1.96. The molecule has 22 heavy (non-hydrogen) atoms. The Labute approximate surface area is 130 Å². The molecule has 0 amide bonds. The minimum atomic E-state index is -3.40. The molecule has 0 unspecified atom stereocenters. The summed E-state index contributed by atoms with van der Waals surface area (Å²) in [6.07, 6.45) is 4.26. The van der Waals surface area contributed by atoms with Crippen LogP contribution in [-0.4, -0.2) is 27.6 Å². The molecule has 5 heteroatoms. The number of carbonyl (C=O) groups is 1. The summed E-state index contributed by atoms with van der Waals surface area (Å²) >= 11 is 0. The highest BCUT2D eigenvalue weighted by atomic mass is 32.2. The van der Waals surface area contributed by atoms with Crippen molar-refractivity contribution >= 4 is 21.7 Å². The SMILES string of the molecule is COc1cc(C(=O)C=Cc2ccccc2)ccc1S(C)(=O)=O. The van der Waals surface area contributed by atoms with Gasteiger partial charge in [0, 0.05) is 11.8 Å². The molecule has 2 aromatic carbocycles. The van der Waals surface area contributed by atoms with Gasteiger partial charge in [0.15, 0.2) is 15.6 Å². The maximum absolute atomic E-state index is 12.2. The van der Waals surface area contributed by atoms with Gasteiger partial charge in [0.2, 0.25) is 0 Å². The van der Waals surface area contributed by atoms with Crippen LogP contribution in [0.1, 0.15) is 15.9 Å². The highest BCUT2D eigenvalue weighted by Gasteiger charge is 2.16. The Morgan fingerprint density at radius 1 is 1.09 bits per heavy atom. The molecule has 0 spiro atoms. The number of allylic oxidation sites excluding steroid dienone is 1. The largest absolute Gasteiger partial charge is 0.495 e. The second kappa shape index (κ2) is 6.58. The smallest absolute Gasteiger partial charge is 0.185 e. The molecule has 0 saturated carbocycles. The van der Waals surface area contributed by atoms with E-state index >= 15 is 0 Å². The molecular formula is C17H16O4S. The lowest BCUT2D eigenvalue weighted by molar-refractivity contribution is 0.104. The van der Waals surface area contributed by atoms with Crippen LogP contribution in [-0.2, 0) is 9.84 Å². The molecule has 0 radical (unpaired) electrons. The van der Waals surface area contributed by atoms with Crippen molar-refractivity contribution in [3.63, 3.8) is 0 Å². The van der Waals surface area contributed by atoms with E-state index in [0.717, 1.165) is 11.8 Å². The molecule has 0 aliphatic carbocycles. The van der Waals surface area contributed by atoms with Crippen molar-refractivity contribution in [2.45, 2.75) is 4.90 Å². The second-order valence-corrected chi connectivity index (χ2v) is 6.73. The molecule has 114 valence electrons. The van der Waals surface area contributed by atoms with Gasteiger partial charge < -0.3 is 4.74 Å². The number of benzene rings is 2. The van der Waals surface area contributed by atoms with Crippen LogP contribution in [0.2, 0.25) is 0 Å². The van der Waals surface area contributed by atoms with Crippen LogP contribution in [0, 0.1) is 0 Å². The molecule has 0 atom stereocenters. The molecule has 0 N–H and O–H groups in total. The first kappa shape index (κ1) is 16.0. The summed E-state index contributed by atoms with van der Waals surface area (Å²) in [7, 11) is -2.02. The van der Waals surface area contributed by atoms with Crippen molar-refractivity contribution in [1.29, 1.82) is 0 Å². The zero-order valence-corrected chi connectivity index (χ0v) is 13.1. The van der Waals surface area contributed by atoms with Crippen molar-refractivity contribution < 1.29 is 17.9 Å². The fraction of sp³-hybridized carbons (Fsp3) is 0.118. The predicted molar refractivity (Wildman–Crippen MR) is 85.9 cm³/mol. The fourth-order valence-corrected chi connectivity index (χ4v) is 2.78. The van der Waals surface area contributed by atoms with Crippen LogP contribution < -0.4 is 4.74 Å². The van der Waals surface area contributed by atoms with Gasteiger partial charge in [-0.05, 0) is 29.8 Å². The summed E-state index contributed by atoms with van der Waals surface area (Å²) in [4.78, 5) is 12.2. The summed E-state index contributed by atoms with van der Waals surface area (Å²) in [6, 6.07) is 13.7. The summed E-state index contributed by atoms with van der Waals surface area (Å²) in [5, 5.41) is 0. The highest BCUT2D eigenvalue weighted by molar-refractivity contribution is 7.90. The molecule has 0 fully saturated rings. The molecule has 2 rings (SSSR count). The van der Waals surface area contributed by atoms with E-state index in [1.54, 1.807) is 6.08 Å².